The summed E-state index contributed by atoms with van der Waals surface area (Å²) in [6, 6.07) is 122. The van der Waals surface area contributed by atoms with Gasteiger partial charge in [-0.15, -0.1) is 0 Å². The van der Waals surface area contributed by atoms with Crippen molar-refractivity contribution in [2.75, 3.05) is 0 Å². The van der Waals surface area contributed by atoms with E-state index in [4.69, 9.17) is 0 Å². The average Bonchev–Trinajstić information content (AvgIpc) is 3.17. The van der Waals surface area contributed by atoms with Crippen LogP contribution >= 0.6 is 0 Å². The van der Waals surface area contributed by atoms with E-state index < -0.39 is 8.07 Å². The van der Waals surface area contributed by atoms with Gasteiger partial charge < -0.3 is 9.13 Å². The highest BCUT2D eigenvalue weighted by Gasteiger charge is 2.43. The Hall–Kier alpha value is -10.3. The van der Waals surface area contributed by atoms with E-state index in [0.29, 0.717) is 0 Å². The van der Waals surface area contributed by atoms with Crippen LogP contribution in [0.25, 0.3) is 111 Å². The first-order valence-electron chi connectivity index (χ1n) is 28.0. The molecule has 13 aromatic carbocycles. The Labute approximate surface area is 473 Å². The molecule has 0 N–H and O–H groups in total. The molecule has 0 saturated heterocycles. The van der Waals surface area contributed by atoms with Gasteiger partial charge in [0.2, 0.25) is 0 Å². The van der Waals surface area contributed by atoms with Crippen LogP contribution in [-0.2, 0) is 0 Å². The molecule has 15 aromatic rings. The molecule has 2 heterocycles. The lowest BCUT2D eigenvalue weighted by molar-refractivity contribution is 1.18. The smallest absolute Gasteiger partial charge is 0.179 e. The van der Waals surface area contributed by atoms with Gasteiger partial charge in [-0.05, 0) is 108 Å². The normalized spacial score (nSPS) is 11.7. The second-order valence-corrected chi connectivity index (χ2v) is 24.9. The van der Waals surface area contributed by atoms with Crippen LogP contribution in [0.4, 0.5) is 0 Å². The van der Waals surface area contributed by atoms with Gasteiger partial charge in [-0.1, -0.05) is 285 Å². The van der Waals surface area contributed by atoms with Crippen molar-refractivity contribution < 1.29 is 0 Å². The number of hydrogen-bond donors (Lipinski definition) is 0. The molecule has 0 fully saturated rings. The Kier molecular flexibility index (Phi) is 11.9. The van der Waals surface area contributed by atoms with Gasteiger partial charge in [0.25, 0.3) is 0 Å². The summed E-state index contributed by atoms with van der Waals surface area (Å²) < 4.78 is 4.98. The van der Waals surface area contributed by atoms with E-state index in [1.807, 2.05) is 0 Å². The first-order valence-corrected chi connectivity index (χ1v) is 30.0. The maximum absolute atomic E-state index is 3.30. The number of aromatic nitrogens is 2. The van der Waals surface area contributed by atoms with Gasteiger partial charge in [-0.2, -0.15) is 0 Å². The van der Waals surface area contributed by atoms with E-state index in [1.54, 1.807) is 0 Å². The van der Waals surface area contributed by atoms with Crippen molar-refractivity contribution in [1.82, 2.24) is 9.13 Å². The van der Waals surface area contributed by atoms with Crippen LogP contribution in [0.5, 0.6) is 0 Å². The van der Waals surface area contributed by atoms with Crippen LogP contribution in [0.3, 0.4) is 0 Å². The molecule has 2 nitrogen and oxygen atoms in total. The zero-order valence-electron chi connectivity index (χ0n) is 44.6. The summed E-state index contributed by atoms with van der Waals surface area (Å²) in [5.74, 6) is 0. The number of para-hydroxylation sites is 3. The molecule has 0 spiro atoms. The molecular weight excluding hydrogens is 993 g/mol. The van der Waals surface area contributed by atoms with E-state index >= 15 is 0 Å². The van der Waals surface area contributed by atoms with Gasteiger partial charge in [-0.3, -0.25) is 0 Å². The summed E-state index contributed by atoms with van der Waals surface area (Å²) in [7, 11) is -3.30. The van der Waals surface area contributed by atoms with Crippen LogP contribution in [0, 0.1) is 0 Å². The molecule has 0 aliphatic heterocycles. The van der Waals surface area contributed by atoms with Crippen LogP contribution in [-0.4, -0.2) is 17.2 Å². The maximum atomic E-state index is 2.58. The minimum atomic E-state index is -3.30. The molecule has 15 rings (SSSR count). The highest BCUT2D eigenvalue weighted by molar-refractivity contribution is 7.20. The second-order valence-electron chi connectivity index (χ2n) is 21.1. The van der Waals surface area contributed by atoms with Crippen molar-refractivity contribution in [3.05, 3.63) is 328 Å². The van der Waals surface area contributed by atoms with Gasteiger partial charge in [0.15, 0.2) is 8.07 Å². The van der Waals surface area contributed by atoms with Crippen molar-refractivity contribution in [2.24, 2.45) is 0 Å². The second kappa shape index (κ2) is 20.2. The Morgan fingerprint density at radius 3 is 1.20 bits per heavy atom. The van der Waals surface area contributed by atoms with E-state index in [1.165, 1.54) is 97.8 Å². The molecule has 380 valence electrons. The lowest BCUT2D eigenvalue weighted by Crippen LogP contribution is -2.74. The zero-order valence-corrected chi connectivity index (χ0v) is 45.6. The van der Waals surface area contributed by atoms with Crippen LogP contribution in [0.15, 0.2) is 328 Å². The zero-order chi connectivity index (χ0) is 53.7. The monoisotopic (exact) mass is 1050 g/mol. The summed E-state index contributed by atoms with van der Waals surface area (Å²) in [6.45, 7) is 0. The standard InChI is InChI=1S/C78H54N2Si/c1-7-26-55(27-8-1)59-34-23-40-64(50-59)81(63-38-17-6-18-39-63,65-41-24-35-60(51-65)56-28-9-2-10-29-56)66-53-70(57-30-11-3-12-31-57)78(71(54-66)58-32-13-4-14-33-58)80-74-46-22-20-43-69(74)77-67(44-25-47-76(77)80)61-48-49-75-72(52-61)68-42-19-21-45-73(68)79(75)62-36-15-5-16-37-62/h1-54H. The van der Waals surface area contributed by atoms with Crippen LogP contribution < -0.4 is 20.7 Å². The fraction of sp³-hybridized carbons (Fsp3) is 0. The molecule has 0 radical (unpaired) electrons. The summed E-state index contributed by atoms with van der Waals surface area (Å²) in [5, 5.41) is 10.2. The Bertz CT molecular complexity index is 4630. The third kappa shape index (κ3) is 8.08. The summed E-state index contributed by atoms with van der Waals surface area (Å²) in [6.07, 6.45) is 0. The molecule has 3 heteroatoms. The molecule has 0 aliphatic rings. The van der Waals surface area contributed by atoms with Crippen molar-refractivity contribution >= 4 is 72.4 Å². The number of fused-ring (bicyclic) bond motifs is 6. The third-order valence-corrected chi connectivity index (χ3v) is 21.4. The number of nitrogens with zero attached hydrogens (tertiary/aromatic N) is 2. The molecule has 0 bridgehead atoms. The van der Waals surface area contributed by atoms with Crippen LogP contribution in [0.2, 0.25) is 0 Å². The topological polar surface area (TPSA) is 9.86 Å². The van der Waals surface area contributed by atoms with E-state index in [2.05, 4.69) is 337 Å². The average molecular weight is 1050 g/mol. The quantitative estimate of drug-likeness (QED) is 0.0902. The first-order chi connectivity index (χ1) is 40.2. The van der Waals surface area contributed by atoms with Crippen molar-refractivity contribution in [3.63, 3.8) is 0 Å². The predicted molar refractivity (Wildman–Crippen MR) is 346 cm³/mol. The lowest BCUT2D eigenvalue weighted by atomic mass is 9.95. The Balaban J connectivity index is 1.05. The predicted octanol–water partition coefficient (Wildman–Crippen LogP) is 17.6. The van der Waals surface area contributed by atoms with Gasteiger partial charge in [0.05, 0.1) is 27.8 Å². The summed E-state index contributed by atoms with van der Waals surface area (Å²) >= 11 is 0. The molecule has 0 atom stereocenters. The number of rotatable bonds is 11. The minimum absolute atomic E-state index is 1.15. The largest absolute Gasteiger partial charge is 0.309 e. The SMILES string of the molecule is c1ccc(-c2cccc([Si](c3ccccc3)(c3cccc(-c4ccccc4)c3)c3cc(-c4ccccc4)c(-n4c5ccccc5c5c(-c6ccc7c(c6)c6ccccc6n7-c6ccccc6)cccc54)c(-c4ccccc4)c3)c2)cc1. The van der Waals surface area contributed by atoms with Crippen molar-refractivity contribution in [3.8, 4) is 67.0 Å². The molecule has 81 heavy (non-hydrogen) atoms. The van der Waals surface area contributed by atoms with Gasteiger partial charge in [-0.25, -0.2) is 0 Å². The fourth-order valence-corrected chi connectivity index (χ4v) is 17.9. The fourth-order valence-electron chi connectivity index (χ4n) is 13.1. The third-order valence-electron chi connectivity index (χ3n) is 16.6. The highest BCUT2D eigenvalue weighted by Crippen LogP contribution is 2.45. The van der Waals surface area contributed by atoms with Gasteiger partial charge >= 0.3 is 0 Å². The summed E-state index contributed by atoms with van der Waals surface area (Å²) in [4.78, 5) is 0. The van der Waals surface area contributed by atoms with Gasteiger partial charge in [0, 0.05) is 38.4 Å². The van der Waals surface area contributed by atoms with Crippen molar-refractivity contribution in [2.45, 2.75) is 0 Å². The van der Waals surface area contributed by atoms with Crippen LogP contribution in [0.1, 0.15) is 0 Å². The van der Waals surface area contributed by atoms with E-state index in [-0.39, 0.29) is 0 Å². The molecule has 0 saturated carbocycles. The molecule has 0 aliphatic carbocycles. The first kappa shape index (κ1) is 47.9. The highest BCUT2D eigenvalue weighted by atomic mass is 28.3. The lowest BCUT2D eigenvalue weighted by Gasteiger charge is -2.36. The number of hydrogen-bond acceptors (Lipinski definition) is 0. The Morgan fingerprint density at radius 1 is 0.210 bits per heavy atom. The maximum Gasteiger partial charge on any atom is 0.179 e. The number of benzene rings is 13. The minimum Gasteiger partial charge on any atom is -0.309 e. The summed E-state index contributed by atoms with van der Waals surface area (Å²) in [5.41, 5.74) is 18.8. The molecule has 0 unspecified atom stereocenters. The Morgan fingerprint density at radius 2 is 0.630 bits per heavy atom. The molecular formula is C78H54N2Si. The van der Waals surface area contributed by atoms with E-state index in [9.17, 15) is 0 Å². The molecule has 0 amide bonds. The molecule has 2 aromatic heterocycles. The van der Waals surface area contributed by atoms with Gasteiger partial charge in [0.1, 0.15) is 0 Å². The van der Waals surface area contributed by atoms with Crippen molar-refractivity contribution in [1.29, 1.82) is 0 Å². The van der Waals surface area contributed by atoms with E-state index in [0.717, 1.165) is 33.5 Å².